The summed E-state index contributed by atoms with van der Waals surface area (Å²) in [7, 11) is -3.45. The quantitative estimate of drug-likeness (QED) is 0.831. The lowest BCUT2D eigenvalue weighted by Gasteiger charge is -2.23. The fraction of sp³-hybridized carbons (Fsp3) is 0.500. The first-order chi connectivity index (χ1) is 9.88. The minimum atomic E-state index is -3.45. The Kier molecular flexibility index (Phi) is 5.11. The lowest BCUT2D eigenvalue weighted by atomic mass is 10.3. The van der Waals surface area contributed by atoms with Gasteiger partial charge in [-0.1, -0.05) is 17.7 Å². The monoisotopic (exact) mass is 330 g/mol. The van der Waals surface area contributed by atoms with Crippen molar-refractivity contribution in [2.45, 2.75) is 19.3 Å². The van der Waals surface area contributed by atoms with E-state index in [-0.39, 0.29) is 18.9 Å². The number of halogens is 1. The van der Waals surface area contributed by atoms with E-state index in [1.807, 2.05) is 0 Å². The van der Waals surface area contributed by atoms with Crippen LogP contribution in [-0.2, 0) is 14.8 Å². The number of benzene rings is 1. The molecular weight excluding hydrogens is 312 g/mol. The molecule has 1 heterocycles. The SMILES string of the molecule is CS(=O)(=O)N(CCC(=O)N1CCCC1)c1cccc(Cl)c1. The molecule has 1 aromatic carbocycles. The fourth-order valence-corrected chi connectivity index (χ4v) is 3.54. The van der Waals surface area contributed by atoms with Gasteiger partial charge in [-0.25, -0.2) is 8.42 Å². The molecule has 0 unspecified atom stereocenters. The van der Waals surface area contributed by atoms with Gasteiger partial charge in [0, 0.05) is 31.1 Å². The molecule has 0 aromatic heterocycles. The summed E-state index contributed by atoms with van der Waals surface area (Å²) in [5.41, 5.74) is 0.485. The predicted octanol–water partition coefficient (Wildman–Crippen LogP) is 2.12. The average Bonchev–Trinajstić information content (AvgIpc) is 2.91. The third kappa shape index (κ3) is 4.35. The van der Waals surface area contributed by atoms with E-state index in [1.165, 1.54) is 4.31 Å². The molecule has 1 amide bonds. The maximum absolute atomic E-state index is 12.1. The molecule has 0 bridgehead atoms. The second-order valence-electron chi connectivity index (χ2n) is 5.15. The van der Waals surface area contributed by atoms with Crippen LogP contribution in [0, 0.1) is 0 Å². The predicted molar refractivity (Wildman–Crippen MR) is 84.1 cm³/mol. The minimum Gasteiger partial charge on any atom is -0.343 e. The number of carbonyl (C=O) groups is 1. The zero-order valence-electron chi connectivity index (χ0n) is 12.0. The highest BCUT2D eigenvalue weighted by Gasteiger charge is 2.22. The second-order valence-corrected chi connectivity index (χ2v) is 7.50. The molecule has 0 saturated carbocycles. The van der Waals surface area contributed by atoms with Crippen molar-refractivity contribution in [3.05, 3.63) is 29.3 Å². The molecule has 0 atom stereocenters. The summed E-state index contributed by atoms with van der Waals surface area (Å²) < 4.78 is 25.1. The molecule has 0 radical (unpaired) electrons. The first kappa shape index (κ1) is 16.1. The molecule has 1 saturated heterocycles. The molecule has 1 aromatic rings. The zero-order valence-corrected chi connectivity index (χ0v) is 13.5. The van der Waals surface area contributed by atoms with Gasteiger partial charge in [0.05, 0.1) is 11.9 Å². The van der Waals surface area contributed by atoms with Crippen LogP contribution in [0.25, 0.3) is 0 Å². The van der Waals surface area contributed by atoms with Gasteiger partial charge in [-0.2, -0.15) is 0 Å². The second kappa shape index (κ2) is 6.66. The summed E-state index contributed by atoms with van der Waals surface area (Å²) in [5.74, 6) is 0.00294. The molecule has 1 aliphatic rings. The van der Waals surface area contributed by atoms with Crippen LogP contribution in [0.5, 0.6) is 0 Å². The van der Waals surface area contributed by atoms with Gasteiger partial charge in [0.25, 0.3) is 0 Å². The van der Waals surface area contributed by atoms with Crippen molar-refractivity contribution >= 4 is 33.2 Å². The van der Waals surface area contributed by atoms with Crippen molar-refractivity contribution in [1.29, 1.82) is 0 Å². The van der Waals surface area contributed by atoms with E-state index in [9.17, 15) is 13.2 Å². The Balaban J connectivity index is 2.09. The fourth-order valence-electron chi connectivity index (χ4n) is 2.44. The highest BCUT2D eigenvalue weighted by Crippen LogP contribution is 2.22. The highest BCUT2D eigenvalue weighted by molar-refractivity contribution is 7.92. The Labute approximate surface area is 130 Å². The van der Waals surface area contributed by atoms with E-state index < -0.39 is 10.0 Å². The lowest BCUT2D eigenvalue weighted by Crippen LogP contribution is -2.35. The maximum atomic E-state index is 12.1. The number of amides is 1. The van der Waals surface area contributed by atoms with E-state index in [0.29, 0.717) is 10.7 Å². The number of nitrogens with zero attached hydrogens (tertiary/aromatic N) is 2. The summed E-state index contributed by atoms with van der Waals surface area (Å²) in [4.78, 5) is 13.8. The van der Waals surface area contributed by atoms with Crippen molar-refractivity contribution in [2.75, 3.05) is 30.2 Å². The van der Waals surface area contributed by atoms with Crippen LogP contribution in [0.1, 0.15) is 19.3 Å². The molecule has 0 aliphatic carbocycles. The van der Waals surface area contributed by atoms with Gasteiger partial charge in [0.2, 0.25) is 15.9 Å². The standard InChI is InChI=1S/C14H19ClN2O3S/c1-21(19,20)17(13-6-4-5-12(15)11-13)10-7-14(18)16-8-2-3-9-16/h4-6,11H,2-3,7-10H2,1H3. The molecule has 1 fully saturated rings. The van der Waals surface area contributed by atoms with Crippen molar-refractivity contribution in [3.8, 4) is 0 Å². The van der Waals surface area contributed by atoms with Crippen LogP contribution < -0.4 is 4.31 Å². The number of anilines is 1. The number of sulfonamides is 1. The highest BCUT2D eigenvalue weighted by atomic mass is 35.5. The molecular formula is C14H19ClN2O3S. The third-order valence-electron chi connectivity index (χ3n) is 3.48. The van der Waals surface area contributed by atoms with Gasteiger partial charge in [-0.05, 0) is 31.0 Å². The lowest BCUT2D eigenvalue weighted by molar-refractivity contribution is -0.129. The average molecular weight is 331 g/mol. The first-order valence-corrected chi connectivity index (χ1v) is 9.11. The number of hydrogen-bond acceptors (Lipinski definition) is 3. The number of carbonyl (C=O) groups excluding carboxylic acids is 1. The Hall–Kier alpha value is -1.27. The molecule has 0 spiro atoms. The van der Waals surface area contributed by atoms with Crippen LogP contribution in [0.15, 0.2) is 24.3 Å². The van der Waals surface area contributed by atoms with Gasteiger partial charge >= 0.3 is 0 Å². The first-order valence-electron chi connectivity index (χ1n) is 6.89. The van der Waals surface area contributed by atoms with E-state index in [4.69, 9.17) is 11.6 Å². The molecule has 2 rings (SSSR count). The van der Waals surface area contributed by atoms with Gasteiger partial charge in [0.15, 0.2) is 0 Å². The van der Waals surface area contributed by atoms with Crippen LogP contribution >= 0.6 is 11.6 Å². The number of likely N-dealkylation sites (tertiary alicyclic amines) is 1. The van der Waals surface area contributed by atoms with E-state index >= 15 is 0 Å². The zero-order chi connectivity index (χ0) is 15.5. The smallest absolute Gasteiger partial charge is 0.232 e. The Morgan fingerprint density at radius 2 is 2.00 bits per heavy atom. The Morgan fingerprint density at radius 3 is 2.57 bits per heavy atom. The van der Waals surface area contributed by atoms with E-state index in [1.54, 1.807) is 29.2 Å². The van der Waals surface area contributed by atoms with E-state index in [0.717, 1.165) is 32.2 Å². The number of hydrogen-bond donors (Lipinski definition) is 0. The van der Waals surface area contributed by atoms with Gasteiger partial charge in [-0.3, -0.25) is 9.10 Å². The Morgan fingerprint density at radius 1 is 1.33 bits per heavy atom. The van der Waals surface area contributed by atoms with Crippen LogP contribution in [-0.4, -0.2) is 45.1 Å². The Bertz CT molecular complexity index is 612. The largest absolute Gasteiger partial charge is 0.343 e. The summed E-state index contributed by atoms with van der Waals surface area (Å²) >= 11 is 5.91. The summed E-state index contributed by atoms with van der Waals surface area (Å²) in [6.45, 7) is 1.68. The topological polar surface area (TPSA) is 57.7 Å². The van der Waals surface area contributed by atoms with Crippen molar-refractivity contribution in [2.24, 2.45) is 0 Å². The maximum Gasteiger partial charge on any atom is 0.232 e. The minimum absolute atomic E-state index is 0.00294. The molecule has 7 heteroatoms. The van der Waals surface area contributed by atoms with Gasteiger partial charge in [0.1, 0.15) is 0 Å². The molecule has 5 nitrogen and oxygen atoms in total. The molecule has 1 aliphatic heterocycles. The van der Waals surface area contributed by atoms with Crippen LogP contribution in [0.3, 0.4) is 0 Å². The van der Waals surface area contributed by atoms with Crippen LogP contribution in [0.4, 0.5) is 5.69 Å². The van der Waals surface area contributed by atoms with Crippen molar-refractivity contribution in [1.82, 2.24) is 4.90 Å². The summed E-state index contributed by atoms with van der Waals surface area (Å²) in [6.07, 6.45) is 3.36. The van der Waals surface area contributed by atoms with Crippen LogP contribution in [0.2, 0.25) is 5.02 Å². The van der Waals surface area contributed by atoms with Crippen molar-refractivity contribution < 1.29 is 13.2 Å². The summed E-state index contributed by atoms with van der Waals surface area (Å²) in [5, 5.41) is 0.465. The molecule has 116 valence electrons. The van der Waals surface area contributed by atoms with E-state index in [2.05, 4.69) is 0 Å². The molecule has 21 heavy (non-hydrogen) atoms. The summed E-state index contributed by atoms with van der Waals surface area (Å²) in [6, 6.07) is 6.63. The molecule has 0 N–H and O–H groups in total. The normalized spacial score (nSPS) is 15.2. The van der Waals surface area contributed by atoms with Gasteiger partial charge in [-0.15, -0.1) is 0 Å². The van der Waals surface area contributed by atoms with Crippen molar-refractivity contribution in [3.63, 3.8) is 0 Å². The third-order valence-corrected chi connectivity index (χ3v) is 4.91. The number of rotatable bonds is 5. The van der Waals surface area contributed by atoms with Gasteiger partial charge < -0.3 is 4.90 Å².